The van der Waals surface area contributed by atoms with Gasteiger partial charge in [-0.2, -0.15) is 0 Å². The molecule has 0 unspecified atom stereocenters. The Morgan fingerprint density at radius 1 is 0.767 bits per heavy atom. The smallest absolute Gasteiger partial charge is 0.232 e. The lowest BCUT2D eigenvalue weighted by Crippen LogP contribution is -2.36. The molecule has 162 valence electrons. The normalized spacial score (nSPS) is 10.6. The average molecular weight is 425 g/mol. The summed E-state index contributed by atoms with van der Waals surface area (Å²) in [6, 6.07) is 17.1. The van der Waals surface area contributed by atoms with Crippen molar-refractivity contribution in [3.05, 3.63) is 59.7 Å². The standard InChI is InChI=1S/C25H36N4S/c1-3-5-7-9-11-21-13-17-23(18-14-21)29(28-25(30)27-26)24-19-15-22(16-20-24)12-10-8-6-4-2/h13-20,26H,3-12H2,1-2H3,(H,28,30). The summed E-state index contributed by atoms with van der Waals surface area (Å²) in [5.41, 5.74) is 14.9. The lowest BCUT2D eigenvalue weighted by atomic mass is 10.1. The van der Waals surface area contributed by atoms with E-state index in [1.165, 1.54) is 62.5 Å². The quantitative estimate of drug-likeness (QED) is 0.149. The molecule has 0 atom stereocenters. The third-order valence-corrected chi connectivity index (χ3v) is 5.52. The van der Waals surface area contributed by atoms with Gasteiger partial charge < -0.3 is 0 Å². The Labute approximate surface area is 187 Å². The number of unbranched alkanes of at least 4 members (excludes halogenated alkanes) is 6. The highest BCUT2D eigenvalue weighted by Crippen LogP contribution is 2.25. The fourth-order valence-corrected chi connectivity index (χ4v) is 3.63. The lowest BCUT2D eigenvalue weighted by Gasteiger charge is -2.25. The first-order valence-corrected chi connectivity index (χ1v) is 11.7. The monoisotopic (exact) mass is 424 g/mol. The highest BCUT2D eigenvalue weighted by Gasteiger charge is 2.11. The molecule has 0 saturated heterocycles. The summed E-state index contributed by atoms with van der Waals surface area (Å²) in [4.78, 5) is 0. The molecule has 5 heteroatoms. The van der Waals surface area contributed by atoms with Crippen molar-refractivity contribution in [2.75, 3.05) is 5.01 Å². The van der Waals surface area contributed by atoms with Crippen LogP contribution in [0.4, 0.5) is 11.4 Å². The van der Waals surface area contributed by atoms with Gasteiger partial charge in [0, 0.05) is 0 Å². The van der Waals surface area contributed by atoms with E-state index in [0.717, 1.165) is 24.2 Å². The molecule has 4 nitrogen and oxygen atoms in total. The molecule has 2 aromatic rings. The van der Waals surface area contributed by atoms with Crippen LogP contribution in [0.1, 0.15) is 76.3 Å². The van der Waals surface area contributed by atoms with Crippen LogP contribution in [0.5, 0.6) is 0 Å². The third-order valence-electron chi connectivity index (χ3n) is 5.34. The van der Waals surface area contributed by atoms with Gasteiger partial charge in [-0.15, -0.1) is 5.11 Å². The van der Waals surface area contributed by atoms with Crippen molar-refractivity contribution < 1.29 is 0 Å². The van der Waals surface area contributed by atoms with Crippen molar-refractivity contribution >= 4 is 28.7 Å². The van der Waals surface area contributed by atoms with Crippen LogP contribution in [-0.4, -0.2) is 5.11 Å². The molecule has 0 saturated carbocycles. The first-order valence-electron chi connectivity index (χ1n) is 11.3. The molecule has 0 aromatic heterocycles. The van der Waals surface area contributed by atoms with E-state index in [9.17, 15) is 0 Å². The third kappa shape index (κ3) is 8.23. The summed E-state index contributed by atoms with van der Waals surface area (Å²) in [5.74, 6) is 0. The van der Waals surface area contributed by atoms with Crippen LogP contribution in [0, 0.1) is 5.53 Å². The first-order chi connectivity index (χ1) is 14.7. The number of thiocarbonyl (C=S) groups is 1. The molecule has 2 N–H and O–H groups in total. The number of nitrogens with one attached hydrogen (secondary N) is 2. The molecule has 0 fully saturated rings. The first kappa shape index (κ1) is 24.0. The maximum Gasteiger partial charge on any atom is 0.232 e. The Bertz CT molecular complexity index is 700. The van der Waals surface area contributed by atoms with Crippen LogP contribution >= 0.6 is 12.2 Å². The van der Waals surface area contributed by atoms with Gasteiger partial charge in [0.2, 0.25) is 5.11 Å². The maximum absolute atomic E-state index is 7.21. The van der Waals surface area contributed by atoms with Crippen molar-refractivity contribution in [3.8, 4) is 0 Å². The predicted octanol–water partition coefficient (Wildman–Crippen LogP) is 7.89. The molecule has 2 aromatic carbocycles. The van der Waals surface area contributed by atoms with Crippen LogP contribution in [-0.2, 0) is 12.8 Å². The van der Waals surface area contributed by atoms with E-state index in [4.69, 9.17) is 17.7 Å². The van der Waals surface area contributed by atoms with E-state index in [1.807, 2.05) is 5.01 Å². The van der Waals surface area contributed by atoms with Gasteiger partial charge in [-0.3, -0.25) is 10.4 Å². The number of hydrogen-bond donors (Lipinski definition) is 2. The molecule has 0 heterocycles. The summed E-state index contributed by atoms with van der Waals surface area (Å²) in [6.45, 7) is 4.48. The van der Waals surface area contributed by atoms with Crippen LogP contribution in [0.2, 0.25) is 0 Å². The van der Waals surface area contributed by atoms with Crippen LogP contribution in [0.3, 0.4) is 0 Å². The Kier molecular flexibility index (Phi) is 11.1. The summed E-state index contributed by atoms with van der Waals surface area (Å²) in [6.07, 6.45) is 12.4. The van der Waals surface area contributed by atoms with Gasteiger partial charge in [0.05, 0.1) is 11.4 Å². The minimum absolute atomic E-state index is 0.141. The number of anilines is 2. The molecular weight excluding hydrogens is 388 g/mol. The van der Waals surface area contributed by atoms with E-state index < -0.39 is 0 Å². The number of hydrogen-bond acceptors (Lipinski definition) is 3. The highest BCUT2D eigenvalue weighted by molar-refractivity contribution is 7.80. The molecule has 0 bridgehead atoms. The fourth-order valence-electron chi connectivity index (χ4n) is 3.53. The van der Waals surface area contributed by atoms with Gasteiger partial charge in [0.25, 0.3) is 0 Å². The zero-order valence-electron chi connectivity index (χ0n) is 18.5. The Balaban J connectivity index is 2.08. The zero-order chi connectivity index (χ0) is 21.6. The molecule has 0 radical (unpaired) electrons. The average Bonchev–Trinajstić information content (AvgIpc) is 2.79. The Hall–Kier alpha value is -2.27. The topological polar surface area (TPSA) is 51.5 Å². The molecule has 0 spiro atoms. The Morgan fingerprint density at radius 2 is 1.20 bits per heavy atom. The maximum atomic E-state index is 7.21. The largest absolute Gasteiger partial charge is 0.266 e. The number of benzene rings is 2. The van der Waals surface area contributed by atoms with Crippen molar-refractivity contribution in [3.63, 3.8) is 0 Å². The summed E-state index contributed by atoms with van der Waals surface area (Å²) < 4.78 is 0. The zero-order valence-corrected chi connectivity index (χ0v) is 19.3. The van der Waals surface area contributed by atoms with E-state index in [2.05, 4.69) is 72.9 Å². The van der Waals surface area contributed by atoms with Gasteiger partial charge in [0.15, 0.2) is 0 Å². The molecule has 0 aliphatic carbocycles. The number of aryl methyl sites for hydroxylation is 2. The van der Waals surface area contributed by atoms with E-state index in [-0.39, 0.29) is 5.11 Å². The van der Waals surface area contributed by atoms with Crippen LogP contribution < -0.4 is 10.4 Å². The summed E-state index contributed by atoms with van der Waals surface area (Å²) in [7, 11) is 0. The predicted molar refractivity (Wildman–Crippen MR) is 132 cm³/mol. The molecule has 0 aliphatic heterocycles. The van der Waals surface area contributed by atoms with Gasteiger partial charge in [0.1, 0.15) is 0 Å². The van der Waals surface area contributed by atoms with Crippen LogP contribution in [0.25, 0.3) is 0 Å². The van der Waals surface area contributed by atoms with E-state index in [0.29, 0.717) is 0 Å². The second-order valence-electron chi connectivity index (χ2n) is 7.82. The van der Waals surface area contributed by atoms with Gasteiger partial charge in [-0.25, -0.2) is 5.53 Å². The van der Waals surface area contributed by atoms with Crippen molar-refractivity contribution in [2.24, 2.45) is 5.11 Å². The number of nitrogens with zero attached hydrogens (tertiary/aromatic N) is 2. The fraction of sp³-hybridized carbons (Fsp3) is 0.480. The second kappa shape index (κ2) is 13.9. The lowest BCUT2D eigenvalue weighted by molar-refractivity contribution is 0.667. The van der Waals surface area contributed by atoms with Crippen molar-refractivity contribution in [2.45, 2.75) is 78.1 Å². The van der Waals surface area contributed by atoms with Crippen molar-refractivity contribution in [1.82, 2.24) is 5.43 Å². The van der Waals surface area contributed by atoms with E-state index >= 15 is 0 Å². The SMILES string of the molecule is CCCCCCc1ccc(N(NC(=S)N=N)c2ccc(CCCCCC)cc2)cc1. The molecular formula is C25H36N4S. The van der Waals surface area contributed by atoms with E-state index in [1.54, 1.807) is 0 Å². The van der Waals surface area contributed by atoms with Gasteiger partial charge in [-0.05, 0) is 73.3 Å². The van der Waals surface area contributed by atoms with Crippen LogP contribution in [0.15, 0.2) is 53.6 Å². The minimum Gasteiger partial charge on any atom is -0.266 e. The van der Waals surface area contributed by atoms with Gasteiger partial charge >= 0.3 is 0 Å². The minimum atomic E-state index is 0.141. The number of rotatable bonds is 13. The molecule has 0 aliphatic rings. The second-order valence-corrected chi connectivity index (χ2v) is 8.21. The molecule has 2 rings (SSSR count). The summed E-state index contributed by atoms with van der Waals surface area (Å²) in [5, 5.41) is 5.40. The van der Waals surface area contributed by atoms with Gasteiger partial charge in [-0.1, -0.05) is 76.6 Å². The summed E-state index contributed by atoms with van der Waals surface area (Å²) >= 11 is 5.14. The highest BCUT2D eigenvalue weighted by atomic mass is 32.1. The molecule has 0 amide bonds. The Morgan fingerprint density at radius 3 is 1.57 bits per heavy atom. The van der Waals surface area contributed by atoms with Crippen molar-refractivity contribution in [1.29, 1.82) is 5.53 Å². The molecule has 30 heavy (non-hydrogen) atoms. The number of hydrazine groups is 1.